The van der Waals surface area contributed by atoms with E-state index in [0.717, 1.165) is 17.8 Å². The molecule has 7 heteroatoms. The third-order valence-electron chi connectivity index (χ3n) is 3.05. The lowest BCUT2D eigenvalue weighted by molar-refractivity contribution is -0.138. The largest absolute Gasteiger partial charge is 0.480 e. The molecular weight excluding hydrogens is 270 g/mol. The number of nitrogens with one attached hydrogen (secondary N) is 1. The van der Waals surface area contributed by atoms with Gasteiger partial charge in [-0.3, -0.25) is 4.98 Å². The molecular formula is C14H19N5O2. The molecule has 2 heterocycles. The topological polar surface area (TPSA) is 92.9 Å². The fourth-order valence-corrected chi connectivity index (χ4v) is 2.11. The van der Waals surface area contributed by atoms with Crippen LogP contribution in [0.5, 0.6) is 0 Å². The summed E-state index contributed by atoms with van der Waals surface area (Å²) in [5.74, 6) is 0.0994. The van der Waals surface area contributed by atoms with Crippen LogP contribution in [0, 0.1) is 13.8 Å². The van der Waals surface area contributed by atoms with Gasteiger partial charge < -0.3 is 10.4 Å². The predicted molar refractivity (Wildman–Crippen MR) is 78.6 cm³/mol. The molecule has 0 radical (unpaired) electrons. The summed E-state index contributed by atoms with van der Waals surface area (Å²) < 4.78 is 1.68. The minimum Gasteiger partial charge on any atom is -0.480 e. The summed E-state index contributed by atoms with van der Waals surface area (Å²) >= 11 is 0. The highest BCUT2D eigenvalue weighted by Crippen LogP contribution is 2.12. The van der Waals surface area contributed by atoms with Crippen LogP contribution in [-0.4, -0.2) is 36.9 Å². The van der Waals surface area contributed by atoms with Crippen LogP contribution >= 0.6 is 0 Å². The summed E-state index contributed by atoms with van der Waals surface area (Å²) in [5, 5.41) is 16.4. The Balaban J connectivity index is 2.25. The summed E-state index contributed by atoms with van der Waals surface area (Å²) in [6.45, 7) is 5.77. The molecule has 1 atom stereocenters. The van der Waals surface area contributed by atoms with Gasteiger partial charge >= 0.3 is 5.97 Å². The van der Waals surface area contributed by atoms with Crippen LogP contribution in [0.15, 0.2) is 18.5 Å². The van der Waals surface area contributed by atoms with Gasteiger partial charge in [0.2, 0.25) is 0 Å². The zero-order chi connectivity index (χ0) is 15.4. The molecule has 2 aromatic heterocycles. The molecule has 0 aliphatic rings. The van der Waals surface area contributed by atoms with Crippen LogP contribution in [0.3, 0.4) is 0 Å². The molecule has 0 spiro atoms. The van der Waals surface area contributed by atoms with E-state index in [1.54, 1.807) is 10.9 Å². The maximum Gasteiger partial charge on any atom is 0.326 e. The standard InChI is InChI=1S/C14H19N5O2/c1-4-5-11(14(20)21)16-12-7-15-8-13(17-12)19-10(3)6-9(2)18-19/h6-8,11H,4-5H2,1-3H3,(H,16,17)(H,20,21). The number of aromatic nitrogens is 4. The Morgan fingerprint density at radius 2 is 2.19 bits per heavy atom. The minimum atomic E-state index is -0.893. The third-order valence-corrected chi connectivity index (χ3v) is 3.05. The first-order valence-corrected chi connectivity index (χ1v) is 6.86. The number of hydrogen-bond donors (Lipinski definition) is 2. The maximum atomic E-state index is 11.2. The van der Waals surface area contributed by atoms with Crippen LogP contribution < -0.4 is 5.32 Å². The summed E-state index contributed by atoms with van der Waals surface area (Å²) in [6.07, 6.45) is 4.41. The number of anilines is 1. The van der Waals surface area contributed by atoms with E-state index in [0.29, 0.717) is 18.1 Å². The fraction of sp³-hybridized carbons (Fsp3) is 0.429. The van der Waals surface area contributed by atoms with Crippen molar-refractivity contribution in [3.63, 3.8) is 0 Å². The van der Waals surface area contributed by atoms with Gasteiger partial charge in [-0.05, 0) is 26.3 Å². The summed E-state index contributed by atoms with van der Waals surface area (Å²) in [5.41, 5.74) is 1.84. The number of carboxylic acids is 1. The van der Waals surface area contributed by atoms with E-state index in [1.807, 2.05) is 26.8 Å². The van der Waals surface area contributed by atoms with Gasteiger partial charge in [0, 0.05) is 5.69 Å². The second-order valence-corrected chi connectivity index (χ2v) is 4.93. The van der Waals surface area contributed by atoms with E-state index in [4.69, 9.17) is 0 Å². The molecule has 0 aliphatic heterocycles. The molecule has 2 N–H and O–H groups in total. The Bertz CT molecular complexity index is 638. The molecule has 0 aliphatic carbocycles. The van der Waals surface area contributed by atoms with E-state index >= 15 is 0 Å². The van der Waals surface area contributed by atoms with Crippen LogP contribution in [-0.2, 0) is 4.79 Å². The van der Waals surface area contributed by atoms with E-state index in [2.05, 4.69) is 20.4 Å². The highest BCUT2D eigenvalue weighted by atomic mass is 16.4. The molecule has 0 bridgehead atoms. The van der Waals surface area contributed by atoms with Gasteiger partial charge in [-0.15, -0.1) is 0 Å². The monoisotopic (exact) mass is 289 g/mol. The Kier molecular flexibility index (Phi) is 4.52. The highest BCUT2D eigenvalue weighted by Gasteiger charge is 2.17. The Morgan fingerprint density at radius 1 is 1.43 bits per heavy atom. The van der Waals surface area contributed by atoms with Crippen molar-refractivity contribution in [2.24, 2.45) is 0 Å². The van der Waals surface area contributed by atoms with E-state index in [-0.39, 0.29) is 0 Å². The first-order valence-electron chi connectivity index (χ1n) is 6.86. The number of aliphatic carboxylic acids is 1. The lowest BCUT2D eigenvalue weighted by Crippen LogP contribution is -2.29. The van der Waals surface area contributed by atoms with Gasteiger partial charge in [-0.2, -0.15) is 5.10 Å². The Labute approximate surface area is 123 Å². The fourth-order valence-electron chi connectivity index (χ4n) is 2.11. The number of aryl methyl sites for hydroxylation is 2. The highest BCUT2D eigenvalue weighted by molar-refractivity contribution is 5.76. The van der Waals surface area contributed by atoms with Crippen molar-refractivity contribution in [3.05, 3.63) is 29.8 Å². The second kappa shape index (κ2) is 6.34. The molecule has 7 nitrogen and oxygen atoms in total. The molecule has 1 unspecified atom stereocenters. The second-order valence-electron chi connectivity index (χ2n) is 4.93. The van der Waals surface area contributed by atoms with Gasteiger partial charge in [0.05, 0.1) is 18.1 Å². The number of hydrogen-bond acceptors (Lipinski definition) is 5. The van der Waals surface area contributed by atoms with E-state index < -0.39 is 12.0 Å². The summed E-state index contributed by atoms with van der Waals surface area (Å²) in [7, 11) is 0. The SMILES string of the molecule is CCCC(Nc1cncc(-n2nc(C)cc2C)n1)C(=O)O. The normalized spacial score (nSPS) is 12.1. The van der Waals surface area contributed by atoms with Crippen molar-refractivity contribution >= 4 is 11.8 Å². The molecule has 21 heavy (non-hydrogen) atoms. The van der Waals surface area contributed by atoms with Crippen molar-refractivity contribution < 1.29 is 9.90 Å². The Morgan fingerprint density at radius 3 is 2.76 bits per heavy atom. The number of nitrogens with zero attached hydrogens (tertiary/aromatic N) is 4. The summed E-state index contributed by atoms with van der Waals surface area (Å²) in [4.78, 5) is 19.7. The van der Waals surface area contributed by atoms with Crippen LogP contribution in [0.4, 0.5) is 5.82 Å². The molecule has 0 saturated heterocycles. The average Bonchev–Trinajstić information content (AvgIpc) is 2.77. The van der Waals surface area contributed by atoms with Gasteiger partial charge in [0.15, 0.2) is 5.82 Å². The van der Waals surface area contributed by atoms with Crippen molar-refractivity contribution in [3.8, 4) is 5.82 Å². The maximum absolute atomic E-state index is 11.2. The molecule has 112 valence electrons. The van der Waals surface area contributed by atoms with E-state index in [1.165, 1.54) is 6.20 Å². The van der Waals surface area contributed by atoms with Crippen molar-refractivity contribution in [1.82, 2.24) is 19.7 Å². The van der Waals surface area contributed by atoms with Gasteiger partial charge in [-0.25, -0.2) is 14.5 Å². The molecule has 0 aromatic carbocycles. The summed E-state index contributed by atoms with van der Waals surface area (Å²) in [6, 6.07) is 1.28. The predicted octanol–water partition coefficient (Wildman–Crippen LogP) is 1.94. The third kappa shape index (κ3) is 3.56. The molecule has 0 fully saturated rings. The van der Waals surface area contributed by atoms with Gasteiger partial charge in [0.1, 0.15) is 11.9 Å². The smallest absolute Gasteiger partial charge is 0.326 e. The van der Waals surface area contributed by atoms with E-state index in [9.17, 15) is 9.90 Å². The molecule has 2 aromatic rings. The van der Waals surface area contributed by atoms with Gasteiger partial charge in [0.25, 0.3) is 0 Å². The first-order chi connectivity index (χ1) is 10.0. The number of rotatable bonds is 6. The van der Waals surface area contributed by atoms with Crippen LogP contribution in [0.2, 0.25) is 0 Å². The van der Waals surface area contributed by atoms with Crippen molar-refractivity contribution in [2.45, 2.75) is 39.7 Å². The van der Waals surface area contributed by atoms with Gasteiger partial charge in [-0.1, -0.05) is 13.3 Å². The molecule has 2 rings (SSSR count). The average molecular weight is 289 g/mol. The first kappa shape index (κ1) is 15.0. The zero-order valence-electron chi connectivity index (χ0n) is 12.4. The Hall–Kier alpha value is -2.44. The quantitative estimate of drug-likeness (QED) is 0.844. The number of carbonyl (C=O) groups is 1. The zero-order valence-corrected chi connectivity index (χ0v) is 12.4. The van der Waals surface area contributed by atoms with Crippen molar-refractivity contribution in [2.75, 3.05) is 5.32 Å². The lowest BCUT2D eigenvalue weighted by Gasteiger charge is -2.14. The van der Waals surface area contributed by atoms with Crippen LogP contribution in [0.1, 0.15) is 31.2 Å². The molecule has 0 saturated carbocycles. The minimum absolute atomic E-state index is 0.431. The molecule has 0 amide bonds. The van der Waals surface area contributed by atoms with Crippen LogP contribution in [0.25, 0.3) is 5.82 Å². The lowest BCUT2D eigenvalue weighted by atomic mass is 10.2. The number of carboxylic acid groups (broad SMARTS) is 1. The van der Waals surface area contributed by atoms with Crippen molar-refractivity contribution in [1.29, 1.82) is 0 Å².